The van der Waals surface area contributed by atoms with Gasteiger partial charge in [-0.15, -0.1) is 0 Å². The zero-order valence-corrected chi connectivity index (χ0v) is 15.4. The molecule has 0 radical (unpaired) electrons. The zero-order chi connectivity index (χ0) is 19.3. The quantitative estimate of drug-likeness (QED) is 0.689. The van der Waals surface area contributed by atoms with E-state index in [-0.39, 0.29) is 29.4 Å². The number of amides is 2. The summed E-state index contributed by atoms with van der Waals surface area (Å²) in [5, 5.41) is 5.73. The lowest BCUT2D eigenvalue weighted by Crippen LogP contribution is -2.32. The Kier molecular flexibility index (Phi) is 5.34. The van der Waals surface area contributed by atoms with Gasteiger partial charge in [0.1, 0.15) is 0 Å². The molecule has 7 nitrogen and oxygen atoms in total. The second-order valence-electron chi connectivity index (χ2n) is 6.75. The maximum atomic E-state index is 12.7. The molecule has 1 aliphatic heterocycles. The molecule has 0 saturated carbocycles. The van der Waals surface area contributed by atoms with Gasteiger partial charge in [0.2, 0.25) is 5.82 Å². The fraction of sp³-hybridized carbons (Fsp3) is 0.286. The molecule has 144 valence electrons. The molecule has 7 heteroatoms. The van der Waals surface area contributed by atoms with Crippen LogP contribution in [0.4, 0.5) is 0 Å². The van der Waals surface area contributed by atoms with Crippen molar-refractivity contribution in [3.05, 3.63) is 71.8 Å². The Balaban J connectivity index is 1.52. The Bertz CT molecular complexity index is 978. The molecule has 1 aromatic carbocycles. The summed E-state index contributed by atoms with van der Waals surface area (Å²) in [6.45, 7) is 1.57. The molecule has 3 heterocycles. The summed E-state index contributed by atoms with van der Waals surface area (Å²) in [5.41, 5.74) is 1.83. The number of hydrogen-bond donors (Lipinski definition) is 2. The molecule has 1 saturated heterocycles. The molecule has 0 bridgehead atoms. The van der Waals surface area contributed by atoms with E-state index in [4.69, 9.17) is 4.74 Å². The number of imidazole rings is 1. The molecule has 0 spiro atoms. The van der Waals surface area contributed by atoms with E-state index in [9.17, 15) is 9.59 Å². The third kappa shape index (κ3) is 3.89. The summed E-state index contributed by atoms with van der Waals surface area (Å²) in [7, 11) is 0. The minimum atomic E-state index is -0.330. The lowest BCUT2D eigenvalue weighted by atomic mass is 10.2. The number of fused-ring (bicyclic) bond motifs is 1. The number of carbonyl (C=O) groups is 2. The van der Waals surface area contributed by atoms with Gasteiger partial charge in [0.15, 0.2) is 5.69 Å². The van der Waals surface area contributed by atoms with Gasteiger partial charge in [0.05, 0.1) is 11.6 Å². The van der Waals surface area contributed by atoms with Crippen molar-refractivity contribution in [2.24, 2.45) is 0 Å². The molecule has 2 amide bonds. The van der Waals surface area contributed by atoms with Gasteiger partial charge in [0.25, 0.3) is 11.8 Å². The van der Waals surface area contributed by atoms with Crippen LogP contribution in [0, 0.1) is 0 Å². The molecule has 2 N–H and O–H groups in total. The second kappa shape index (κ2) is 8.22. The predicted molar refractivity (Wildman–Crippen MR) is 104 cm³/mol. The Morgan fingerprint density at radius 3 is 2.68 bits per heavy atom. The Morgan fingerprint density at radius 2 is 1.89 bits per heavy atom. The molecule has 4 rings (SSSR count). The monoisotopic (exact) mass is 378 g/mol. The van der Waals surface area contributed by atoms with Crippen LogP contribution in [0.3, 0.4) is 0 Å². The van der Waals surface area contributed by atoms with Crippen LogP contribution in [0.15, 0.2) is 54.7 Å². The number of aromatic nitrogens is 2. The Hall–Kier alpha value is -3.19. The van der Waals surface area contributed by atoms with Crippen molar-refractivity contribution in [3.63, 3.8) is 0 Å². The summed E-state index contributed by atoms with van der Waals surface area (Å²) in [6, 6.07) is 15.0. The molecular formula is C21H22N4O3. The number of nitrogens with one attached hydrogen (secondary N) is 2. The van der Waals surface area contributed by atoms with E-state index in [1.165, 1.54) is 0 Å². The van der Waals surface area contributed by atoms with Crippen molar-refractivity contribution in [1.29, 1.82) is 0 Å². The van der Waals surface area contributed by atoms with Crippen LogP contribution in [0.1, 0.15) is 39.5 Å². The number of benzene rings is 1. The summed E-state index contributed by atoms with van der Waals surface area (Å²) in [5.74, 6) is -0.446. The number of rotatable bonds is 6. The van der Waals surface area contributed by atoms with E-state index < -0.39 is 0 Å². The van der Waals surface area contributed by atoms with Crippen LogP contribution in [-0.2, 0) is 11.3 Å². The number of ether oxygens (including phenoxy) is 1. The van der Waals surface area contributed by atoms with Crippen LogP contribution < -0.4 is 10.6 Å². The van der Waals surface area contributed by atoms with Crippen molar-refractivity contribution < 1.29 is 14.3 Å². The molecule has 1 atom stereocenters. The lowest BCUT2D eigenvalue weighted by Gasteiger charge is -2.09. The highest BCUT2D eigenvalue weighted by Gasteiger charge is 2.23. The first kappa shape index (κ1) is 18.2. The molecule has 3 aromatic rings. The van der Waals surface area contributed by atoms with Crippen molar-refractivity contribution in [3.8, 4) is 0 Å². The summed E-state index contributed by atoms with van der Waals surface area (Å²) in [4.78, 5) is 29.7. The van der Waals surface area contributed by atoms with E-state index >= 15 is 0 Å². The SMILES string of the molecule is O=C(NCC1CCCO1)c1nc(C(=O)NCc2ccccc2)n2ccccc12. The average molecular weight is 378 g/mol. The minimum absolute atomic E-state index is 0.0477. The van der Waals surface area contributed by atoms with Crippen LogP contribution >= 0.6 is 0 Å². The van der Waals surface area contributed by atoms with E-state index in [0.29, 0.717) is 18.6 Å². The fourth-order valence-corrected chi connectivity index (χ4v) is 3.32. The molecule has 1 aliphatic rings. The third-order valence-corrected chi connectivity index (χ3v) is 4.78. The van der Waals surface area contributed by atoms with Gasteiger partial charge in [-0.1, -0.05) is 36.4 Å². The molecule has 28 heavy (non-hydrogen) atoms. The van der Waals surface area contributed by atoms with Crippen molar-refractivity contribution in [2.75, 3.05) is 13.2 Å². The number of hydrogen-bond acceptors (Lipinski definition) is 4. The number of nitrogens with zero attached hydrogens (tertiary/aromatic N) is 2. The van der Waals surface area contributed by atoms with Gasteiger partial charge >= 0.3 is 0 Å². The molecule has 1 fully saturated rings. The Labute approximate surface area is 162 Å². The number of carbonyl (C=O) groups excluding carboxylic acids is 2. The summed E-state index contributed by atoms with van der Waals surface area (Å²) in [6.07, 6.45) is 3.74. The third-order valence-electron chi connectivity index (χ3n) is 4.78. The van der Waals surface area contributed by atoms with Crippen LogP contribution in [0.25, 0.3) is 5.52 Å². The average Bonchev–Trinajstić information content (AvgIpc) is 3.39. The minimum Gasteiger partial charge on any atom is -0.376 e. The van der Waals surface area contributed by atoms with E-state index in [2.05, 4.69) is 15.6 Å². The summed E-state index contributed by atoms with van der Waals surface area (Å²) >= 11 is 0. The van der Waals surface area contributed by atoms with Crippen molar-refractivity contribution >= 4 is 17.3 Å². The van der Waals surface area contributed by atoms with Gasteiger partial charge in [-0.3, -0.25) is 14.0 Å². The van der Waals surface area contributed by atoms with Gasteiger partial charge in [0, 0.05) is 25.9 Å². The largest absolute Gasteiger partial charge is 0.376 e. The smallest absolute Gasteiger partial charge is 0.287 e. The van der Waals surface area contributed by atoms with Gasteiger partial charge in [-0.25, -0.2) is 4.98 Å². The topological polar surface area (TPSA) is 84.7 Å². The first-order valence-electron chi connectivity index (χ1n) is 9.41. The van der Waals surface area contributed by atoms with E-state index in [0.717, 1.165) is 25.0 Å². The maximum absolute atomic E-state index is 12.7. The molecule has 2 aromatic heterocycles. The van der Waals surface area contributed by atoms with Crippen LogP contribution in [0.5, 0.6) is 0 Å². The number of pyridine rings is 1. The Morgan fingerprint density at radius 1 is 1.07 bits per heavy atom. The van der Waals surface area contributed by atoms with Gasteiger partial charge in [-0.05, 0) is 30.5 Å². The predicted octanol–water partition coefficient (Wildman–Crippen LogP) is 2.17. The fourth-order valence-electron chi connectivity index (χ4n) is 3.32. The van der Waals surface area contributed by atoms with Crippen molar-refractivity contribution in [2.45, 2.75) is 25.5 Å². The van der Waals surface area contributed by atoms with E-state index in [1.807, 2.05) is 36.4 Å². The van der Waals surface area contributed by atoms with Crippen LogP contribution in [0.2, 0.25) is 0 Å². The first-order valence-corrected chi connectivity index (χ1v) is 9.41. The van der Waals surface area contributed by atoms with E-state index in [1.54, 1.807) is 22.7 Å². The van der Waals surface area contributed by atoms with Gasteiger partial charge in [-0.2, -0.15) is 0 Å². The zero-order valence-electron chi connectivity index (χ0n) is 15.4. The highest BCUT2D eigenvalue weighted by molar-refractivity contribution is 6.02. The second-order valence-corrected chi connectivity index (χ2v) is 6.75. The highest BCUT2D eigenvalue weighted by Crippen LogP contribution is 2.15. The van der Waals surface area contributed by atoms with Crippen molar-refractivity contribution in [1.82, 2.24) is 20.0 Å². The van der Waals surface area contributed by atoms with Crippen LogP contribution in [-0.4, -0.2) is 40.5 Å². The highest BCUT2D eigenvalue weighted by atomic mass is 16.5. The normalized spacial score (nSPS) is 16.2. The standard InChI is InChI=1S/C21H22N4O3/c26-20(23-14-16-9-6-12-28-16)18-17-10-4-5-11-25(17)19(24-18)21(27)22-13-15-7-2-1-3-8-15/h1-5,7-8,10-11,16H,6,9,12-14H2,(H,22,27)(H,23,26). The molecule has 0 aliphatic carbocycles. The maximum Gasteiger partial charge on any atom is 0.287 e. The molecular weight excluding hydrogens is 356 g/mol. The molecule has 1 unspecified atom stereocenters. The first-order chi connectivity index (χ1) is 13.7. The lowest BCUT2D eigenvalue weighted by molar-refractivity contribution is 0.0855. The van der Waals surface area contributed by atoms with Gasteiger partial charge < -0.3 is 15.4 Å². The summed E-state index contributed by atoms with van der Waals surface area (Å²) < 4.78 is 7.18.